The molecular formula is C19H20F3NO5S2. The van der Waals surface area contributed by atoms with Gasteiger partial charge in [-0.25, -0.2) is 16.8 Å². The molecule has 2 aromatic carbocycles. The molecule has 3 rings (SSSR count). The van der Waals surface area contributed by atoms with Crippen LogP contribution in [0.5, 0.6) is 5.75 Å². The van der Waals surface area contributed by atoms with Gasteiger partial charge in [-0.1, -0.05) is 12.1 Å². The van der Waals surface area contributed by atoms with Gasteiger partial charge >= 0.3 is 6.18 Å². The Hall–Kier alpha value is -2.11. The normalized spacial score (nSPS) is 17.1. The standard InChI is InChI=1S/C19H20F3NO5S2/c1-28-14-6-8-15(9-7-14)29(24,25)16-10-12-23(13-11-16)30(26,27)18-5-3-2-4-17(18)19(20,21)22/h2-9,16H,10-13H2,1H3. The summed E-state index contributed by atoms with van der Waals surface area (Å²) in [7, 11) is -6.67. The van der Waals surface area contributed by atoms with E-state index in [1.54, 1.807) is 0 Å². The second-order valence-electron chi connectivity index (χ2n) is 6.82. The topological polar surface area (TPSA) is 80.8 Å². The van der Waals surface area contributed by atoms with Crippen molar-refractivity contribution in [1.82, 2.24) is 4.31 Å². The van der Waals surface area contributed by atoms with Gasteiger partial charge in [-0.05, 0) is 49.2 Å². The monoisotopic (exact) mass is 463 g/mol. The summed E-state index contributed by atoms with van der Waals surface area (Å²) in [6, 6.07) is 9.83. The number of ether oxygens (including phenoxy) is 1. The van der Waals surface area contributed by atoms with E-state index in [1.807, 2.05) is 0 Å². The minimum absolute atomic E-state index is 0.0121. The summed E-state index contributed by atoms with van der Waals surface area (Å²) >= 11 is 0. The lowest BCUT2D eigenvalue weighted by molar-refractivity contribution is -0.139. The van der Waals surface area contributed by atoms with Gasteiger partial charge in [0.25, 0.3) is 0 Å². The number of sulfone groups is 1. The maximum Gasteiger partial charge on any atom is 0.417 e. The van der Waals surface area contributed by atoms with Gasteiger partial charge in [0.1, 0.15) is 5.75 Å². The van der Waals surface area contributed by atoms with Crippen molar-refractivity contribution in [2.75, 3.05) is 20.2 Å². The molecule has 0 N–H and O–H groups in total. The largest absolute Gasteiger partial charge is 0.497 e. The van der Waals surface area contributed by atoms with Crippen LogP contribution in [0, 0.1) is 0 Å². The van der Waals surface area contributed by atoms with E-state index in [2.05, 4.69) is 0 Å². The number of methoxy groups -OCH3 is 1. The van der Waals surface area contributed by atoms with Crippen LogP contribution in [0.2, 0.25) is 0 Å². The molecule has 11 heteroatoms. The lowest BCUT2D eigenvalue weighted by Gasteiger charge is -2.31. The van der Waals surface area contributed by atoms with Crippen molar-refractivity contribution in [3.05, 3.63) is 54.1 Å². The van der Waals surface area contributed by atoms with Crippen LogP contribution < -0.4 is 4.74 Å². The number of nitrogens with zero attached hydrogens (tertiary/aromatic N) is 1. The quantitative estimate of drug-likeness (QED) is 0.680. The number of piperidine rings is 1. The highest BCUT2D eigenvalue weighted by atomic mass is 32.2. The Morgan fingerprint density at radius 2 is 1.50 bits per heavy atom. The lowest BCUT2D eigenvalue weighted by Crippen LogP contribution is -2.42. The molecule has 0 aromatic heterocycles. The Morgan fingerprint density at radius 1 is 0.933 bits per heavy atom. The number of sulfonamides is 1. The molecule has 0 spiro atoms. The van der Waals surface area contributed by atoms with Crippen molar-refractivity contribution in [3.8, 4) is 5.75 Å². The van der Waals surface area contributed by atoms with Crippen LogP contribution in [0.1, 0.15) is 18.4 Å². The van der Waals surface area contributed by atoms with E-state index in [9.17, 15) is 30.0 Å². The van der Waals surface area contributed by atoms with Crippen molar-refractivity contribution in [2.24, 2.45) is 0 Å². The Bertz CT molecular complexity index is 1110. The summed E-state index contributed by atoms with van der Waals surface area (Å²) in [5.74, 6) is 0.498. The Balaban J connectivity index is 1.80. The zero-order valence-electron chi connectivity index (χ0n) is 16.0. The molecule has 1 saturated heterocycles. The molecule has 30 heavy (non-hydrogen) atoms. The van der Waals surface area contributed by atoms with E-state index >= 15 is 0 Å². The van der Waals surface area contributed by atoms with Crippen molar-refractivity contribution < 1.29 is 34.7 Å². The number of hydrogen-bond donors (Lipinski definition) is 0. The summed E-state index contributed by atoms with van der Waals surface area (Å²) in [5, 5.41) is -0.824. The van der Waals surface area contributed by atoms with Crippen LogP contribution in [0.4, 0.5) is 13.2 Å². The number of alkyl halides is 3. The van der Waals surface area contributed by atoms with Crippen molar-refractivity contribution in [2.45, 2.75) is 34.1 Å². The SMILES string of the molecule is COc1ccc(S(=O)(=O)C2CCN(S(=O)(=O)c3ccccc3C(F)(F)F)CC2)cc1. The van der Waals surface area contributed by atoms with Gasteiger partial charge in [0, 0.05) is 13.1 Å². The smallest absolute Gasteiger partial charge is 0.417 e. The average molecular weight is 463 g/mol. The third-order valence-electron chi connectivity index (χ3n) is 5.04. The molecule has 6 nitrogen and oxygen atoms in total. The fraction of sp³-hybridized carbons (Fsp3) is 0.368. The average Bonchev–Trinajstić information content (AvgIpc) is 2.73. The van der Waals surface area contributed by atoms with Gasteiger partial charge in [-0.15, -0.1) is 0 Å². The van der Waals surface area contributed by atoms with E-state index in [4.69, 9.17) is 4.74 Å². The minimum atomic E-state index is -4.82. The number of benzene rings is 2. The zero-order valence-corrected chi connectivity index (χ0v) is 17.6. The molecule has 0 saturated carbocycles. The van der Waals surface area contributed by atoms with Crippen LogP contribution in [0.3, 0.4) is 0 Å². The molecule has 1 heterocycles. The number of halogens is 3. The van der Waals surface area contributed by atoms with Crippen molar-refractivity contribution in [3.63, 3.8) is 0 Å². The molecule has 2 aromatic rings. The van der Waals surface area contributed by atoms with Crippen LogP contribution in [-0.4, -0.2) is 46.6 Å². The van der Waals surface area contributed by atoms with Gasteiger partial charge in [-0.3, -0.25) is 0 Å². The van der Waals surface area contributed by atoms with Crippen LogP contribution in [0.15, 0.2) is 58.3 Å². The molecule has 0 atom stereocenters. The first-order chi connectivity index (χ1) is 14.0. The summed E-state index contributed by atoms with van der Waals surface area (Å²) in [5.41, 5.74) is -1.24. The third-order valence-corrected chi connectivity index (χ3v) is 9.27. The summed E-state index contributed by atoms with van der Waals surface area (Å²) < 4.78 is 96.9. The van der Waals surface area contributed by atoms with E-state index in [0.717, 1.165) is 16.4 Å². The predicted octanol–water partition coefficient (Wildman–Crippen LogP) is 3.34. The Labute approximate surface area is 173 Å². The van der Waals surface area contributed by atoms with E-state index in [0.29, 0.717) is 11.8 Å². The van der Waals surface area contributed by atoms with Gasteiger partial charge in [0.2, 0.25) is 10.0 Å². The molecule has 0 aliphatic carbocycles. The van der Waals surface area contributed by atoms with E-state index in [-0.39, 0.29) is 30.8 Å². The van der Waals surface area contributed by atoms with E-state index < -0.39 is 41.7 Å². The zero-order chi connectivity index (χ0) is 22.2. The maximum absolute atomic E-state index is 13.2. The second kappa shape index (κ2) is 8.20. The molecule has 1 aliphatic heterocycles. The van der Waals surface area contributed by atoms with Gasteiger partial charge in [0.05, 0.1) is 27.7 Å². The minimum Gasteiger partial charge on any atom is -0.497 e. The first-order valence-electron chi connectivity index (χ1n) is 9.02. The number of rotatable bonds is 5. The Morgan fingerprint density at radius 3 is 2.03 bits per heavy atom. The highest BCUT2D eigenvalue weighted by Gasteiger charge is 2.41. The fourth-order valence-electron chi connectivity index (χ4n) is 3.41. The summed E-state index contributed by atoms with van der Waals surface area (Å²) in [6.07, 6.45) is -4.84. The lowest BCUT2D eigenvalue weighted by atomic mass is 10.2. The molecule has 1 aliphatic rings. The highest BCUT2D eigenvalue weighted by Crippen LogP contribution is 2.36. The molecule has 0 radical (unpaired) electrons. The van der Waals surface area contributed by atoms with Crippen LogP contribution in [0.25, 0.3) is 0 Å². The second-order valence-corrected chi connectivity index (χ2v) is 11.0. The number of hydrogen-bond acceptors (Lipinski definition) is 5. The van der Waals surface area contributed by atoms with E-state index in [1.165, 1.54) is 37.4 Å². The predicted molar refractivity (Wildman–Crippen MR) is 103 cm³/mol. The van der Waals surface area contributed by atoms with Crippen molar-refractivity contribution in [1.29, 1.82) is 0 Å². The molecule has 164 valence electrons. The van der Waals surface area contributed by atoms with Crippen LogP contribution >= 0.6 is 0 Å². The maximum atomic E-state index is 13.2. The Kier molecular flexibility index (Phi) is 6.17. The molecule has 0 amide bonds. The third kappa shape index (κ3) is 4.33. The molecule has 0 unspecified atom stereocenters. The molecule has 1 fully saturated rings. The fourth-order valence-corrected chi connectivity index (χ4v) is 6.82. The van der Waals surface area contributed by atoms with Crippen LogP contribution in [-0.2, 0) is 26.0 Å². The first-order valence-corrected chi connectivity index (χ1v) is 12.0. The summed E-state index contributed by atoms with van der Waals surface area (Å²) in [4.78, 5) is -0.735. The highest BCUT2D eigenvalue weighted by molar-refractivity contribution is 7.92. The summed E-state index contributed by atoms with van der Waals surface area (Å²) in [6.45, 7) is -0.372. The first kappa shape index (κ1) is 22.6. The molecule has 0 bridgehead atoms. The van der Waals surface area contributed by atoms with Gasteiger partial charge < -0.3 is 4.74 Å². The van der Waals surface area contributed by atoms with Crippen molar-refractivity contribution >= 4 is 19.9 Å². The molecular weight excluding hydrogens is 443 g/mol. The van der Waals surface area contributed by atoms with Gasteiger partial charge in [-0.2, -0.15) is 17.5 Å². The van der Waals surface area contributed by atoms with Gasteiger partial charge in [0.15, 0.2) is 9.84 Å².